The van der Waals surface area contributed by atoms with E-state index in [0.717, 1.165) is 0 Å². The molecule has 0 aliphatic rings. The van der Waals surface area contributed by atoms with E-state index in [2.05, 4.69) is 15.6 Å². The van der Waals surface area contributed by atoms with Gasteiger partial charge in [-0.15, -0.1) is 0 Å². The minimum Gasteiger partial charge on any atom is -0.437 e. The van der Waals surface area contributed by atoms with Gasteiger partial charge in [-0.3, -0.25) is 9.59 Å². The molecule has 210 valence electrons. The molecule has 0 saturated heterocycles. The van der Waals surface area contributed by atoms with E-state index in [4.69, 9.17) is 4.42 Å². The third kappa shape index (κ3) is 6.67. The van der Waals surface area contributed by atoms with Crippen LogP contribution in [-0.4, -0.2) is 36.6 Å². The minimum atomic E-state index is -4.43. The molecule has 2 aromatic heterocycles. The molecular weight excluding hydrogens is 526 g/mol. The second kappa shape index (κ2) is 11.1. The van der Waals surface area contributed by atoms with Gasteiger partial charge in [0, 0.05) is 36.7 Å². The van der Waals surface area contributed by atoms with Gasteiger partial charge in [0.25, 0.3) is 11.8 Å². The normalized spacial score (nSPS) is 12.0. The largest absolute Gasteiger partial charge is 0.437 e. The predicted molar refractivity (Wildman–Crippen MR) is 144 cm³/mol. The van der Waals surface area contributed by atoms with Gasteiger partial charge in [0.05, 0.1) is 16.6 Å². The molecule has 0 saturated carbocycles. The Labute approximate surface area is 228 Å². The molecule has 2 heterocycles. The smallest absolute Gasteiger partial charge is 0.389 e. The van der Waals surface area contributed by atoms with Crippen LogP contribution in [0.25, 0.3) is 33.6 Å². The maximum Gasteiger partial charge on any atom is 0.389 e. The molecule has 0 aliphatic carbocycles. The molecule has 0 spiro atoms. The summed E-state index contributed by atoms with van der Waals surface area (Å²) in [7, 11) is 1.43. The van der Waals surface area contributed by atoms with E-state index in [1.165, 1.54) is 31.3 Å². The second-order valence-electron chi connectivity index (χ2n) is 10.7. The molecule has 2 N–H and O–H groups in total. The second-order valence-corrected chi connectivity index (χ2v) is 10.7. The number of benzene rings is 2. The van der Waals surface area contributed by atoms with Crippen molar-refractivity contribution in [2.75, 3.05) is 13.6 Å². The summed E-state index contributed by atoms with van der Waals surface area (Å²) in [5, 5.41) is 5.68. The molecule has 10 heteroatoms. The number of aromatic nitrogens is 1. The Hall–Kier alpha value is -4.21. The van der Waals surface area contributed by atoms with Crippen LogP contribution >= 0.6 is 0 Å². The van der Waals surface area contributed by atoms with E-state index in [9.17, 15) is 27.2 Å². The van der Waals surface area contributed by atoms with Gasteiger partial charge in [-0.05, 0) is 59.9 Å². The number of amides is 2. The van der Waals surface area contributed by atoms with Gasteiger partial charge < -0.3 is 15.1 Å². The van der Waals surface area contributed by atoms with Crippen molar-refractivity contribution < 1.29 is 31.6 Å². The topological polar surface area (TPSA) is 84.2 Å². The SMILES string of the molecule is CNC(=O)c1c(-c2ccc(F)cc2)oc2nc(CCC(F)(F)F)c(-c3cccc(C(=O)NCC(C)(C)C)c3)cc12. The van der Waals surface area contributed by atoms with Crippen LogP contribution < -0.4 is 10.6 Å². The lowest BCUT2D eigenvalue weighted by atomic mass is 9.95. The lowest BCUT2D eigenvalue weighted by Crippen LogP contribution is -2.32. The fourth-order valence-corrected chi connectivity index (χ4v) is 4.19. The van der Waals surface area contributed by atoms with Crippen LogP contribution in [0.2, 0.25) is 0 Å². The summed E-state index contributed by atoms with van der Waals surface area (Å²) in [5.41, 5.74) is 1.55. The highest BCUT2D eigenvalue weighted by atomic mass is 19.4. The number of fused-ring (bicyclic) bond motifs is 1. The molecule has 0 radical (unpaired) electrons. The van der Waals surface area contributed by atoms with Crippen molar-refractivity contribution >= 4 is 22.9 Å². The number of halogens is 4. The third-order valence-electron chi connectivity index (χ3n) is 6.18. The van der Waals surface area contributed by atoms with Gasteiger partial charge in [-0.1, -0.05) is 32.9 Å². The summed E-state index contributed by atoms with van der Waals surface area (Å²) in [4.78, 5) is 30.2. The molecule has 6 nitrogen and oxygen atoms in total. The number of hydrogen-bond donors (Lipinski definition) is 2. The number of furan rings is 1. The summed E-state index contributed by atoms with van der Waals surface area (Å²) in [5.74, 6) is -1.21. The standard InChI is InChI=1S/C30H29F4N3O3/c1-29(2,3)16-36-26(38)19-7-5-6-18(14-19)21-15-22-24(27(39)35-4)25(17-8-10-20(31)11-9-17)40-28(22)37-23(21)12-13-30(32,33)34/h5-11,14-15H,12-13,16H2,1-4H3,(H,35,39)(H,36,38). The number of pyridine rings is 1. The third-order valence-corrected chi connectivity index (χ3v) is 6.18. The van der Waals surface area contributed by atoms with Gasteiger partial charge in [-0.2, -0.15) is 13.2 Å². The Bertz CT molecular complexity index is 1550. The van der Waals surface area contributed by atoms with Crippen molar-refractivity contribution in [3.8, 4) is 22.5 Å². The van der Waals surface area contributed by atoms with Crippen molar-refractivity contribution in [1.29, 1.82) is 0 Å². The van der Waals surface area contributed by atoms with Gasteiger partial charge >= 0.3 is 6.18 Å². The quantitative estimate of drug-likeness (QED) is 0.242. The van der Waals surface area contributed by atoms with Gasteiger partial charge in [-0.25, -0.2) is 9.37 Å². The first kappa shape index (κ1) is 28.8. The van der Waals surface area contributed by atoms with Crippen LogP contribution in [0.1, 0.15) is 53.6 Å². The highest BCUT2D eigenvalue weighted by molar-refractivity contribution is 6.11. The molecule has 2 aromatic carbocycles. The van der Waals surface area contributed by atoms with Gasteiger partial charge in [0.2, 0.25) is 5.71 Å². The lowest BCUT2D eigenvalue weighted by molar-refractivity contribution is -0.134. The number of hydrogen-bond acceptors (Lipinski definition) is 4. The molecular formula is C30H29F4N3O3. The summed E-state index contributed by atoms with van der Waals surface area (Å²) >= 11 is 0. The average Bonchev–Trinajstić information content (AvgIpc) is 3.27. The maximum atomic E-state index is 13.6. The van der Waals surface area contributed by atoms with E-state index in [-0.39, 0.29) is 39.4 Å². The molecule has 4 rings (SSSR count). The molecule has 40 heavy (non-hydrogen) atoms. The first-order chi connectivity index (χ1) is 18.8. The highest BCUT2D eigenvalue weighted by Crippen LogP contribution is 2.37. The maximum absolute atomic E-state index is 13.6. The highest BCUT2D eigenvalue weighted by Gasteiger charge is 2.29. The summed E-state index contributed by atoms with van der Waals surface area (Å²) in [6.45, 7) is 6.36. The first-order valence-electron chi connectivity index (χ1n) is 12.7. The number of carbonyl (C=O) groups excluding carboxylic acids is 2. The number of aryl methyl sites for hydroxylation is 1. The predicted octanol–water partition coefficient (Wildman–Crippen LogP) is 6.93. The Morgan fingerprint density at radius 3 is 2.27 bits per heavy atom. The first-order valence-corrected chi connectivity index (χ1v) is 12.7. The number of rotatable bonds is 7. The van der Waals surface area contributed by atoms with E-state index in [0.29, 0.717) is 28.8 Å². The van der Waals surface area contributed by atoms with Crippen molar-refractivity contribution in [2.24, 2.45) is 5.41 Å². The minimum absolute atomic E-state index is 0.0297. The van der Waals surface area contributed by atoms with Crippen LogP contribution in [0.3, 0.4) is 0 Å². The molecule has 0 bridgehead atoms. The van der Waals surface area contributed by atoms with Crippen molar-refractivity contribution in [1.82, 2.24) is 15.6 Å². The zero-order chi connectivity index (χ0) is 29.2. The number of nitrogens with zero attached hydrogens (tertiary/aromatic N) is 1. The molecule has 2 amide bonds. The average molecular weight is 556 g/mol. The summed E-state index contributed by atoms with van der Waals surface area (Å²) in [6, 6.07) is 13.3. The Kier molecular flexibility index (Phi) is 8.00. The Morgan fingerprint density at radius 2 is 1.65 bits per heavy atom. The lowest BCUT2D eigenvalue weighted by Gasteiger charge is -2.19. The van der Waals surface area contributed by atoms with Crippen LogP contribution in [0.5, 0.6) is 0 Å². The monoisotopic (exact) mass is 555 g/mol. The van der Waals surface area contributed by atoms with E-state index < -0.39 is 30.7 Å². The number of carbonyl (C=O) groups is 2. The summed E-state index contributed by atoms with van der Waals surface area (Å²) in [6.07, 6.45) is -6.01. The van der Waals surface area contributed by atoms with E-state index in [1.807, 2.05) is 20.8 Å². The van der Waals surface area contributed by atoms with Crippen molar-refractivity contribution in [2.45, 2.75) is 39.8 Å². The summed E-state index contributed by atoms with van der Waals surface area (Å²) < 4.78 is 59.1. The van der Waals surface area contributed by atoms with Gasteiger partial charge in [0.1, 0.15) is 11.6 Å². The molecule has 0 aliphatic heterocycles. The molecule has 4 aromatic rings. The molecule has 0 fully saturated rings. The van der Waals surface area contributed by atoms with Crippen molar-refractivity contribution in [3.63, 3.8) is 0 Å². The number of alkyl halides is 3. The van der Waals surface area contributed by atoms with Gasteiger partial charge in [0.15, 0.2) is 0 Å². The van der Waals surface area contributed by atoms with Crippen molar-refractivity contribution in [3.05, 3.63) is 77.2 Å². The van der Waals surface area contributed by atoms with Crippen LogP contribution in [0.15, 0.2) is 59.0 Å². The fourth-order valence-electron chi connectivity index (χ4n) is 4.19. The van der Waals surface area contributed by atoms with E-state index >= 15 is 0 Å². The van der Waals surface area contributed by atoms with Crippen LogP contribution in [0.4, 0.5) is 17.6 Å². The zero-order valence-corrected chi connectivity index (χ0v) is 22.5. The van der Waals surface area contributed by atoms with Crippen LogP contribution in [-0.2, 0) is 6.42 Å². The number of nitrogens with one attached hydrogen (secondary N) is 2. The van der Waals surface area contributed by atoms with E-state index in [1.54, 1.807) is 30.3 Å². The molecule has 0 unspecified atom stereocenters. The Balaban J connectivity index is 1.89. The van der Waals surface area contributed by atoms with Crippen LogP contribution in [0, 0.1) is 11.2 Å². The molecule has 0 atom stereocenters. The zero-order valence-electron chi connectivity index (χ0n) is 22.5. The fraction of sp³-hybridized carbons (Fsp3) is 0.300. The Morgan fingerprint density at radius 1 is 0.950 bits per heavy atom.